The molecule has 0 atom stereocenters. The fourth-order valence-electron chi connectivity index (χ4n) is 2.38. The number of benzene rings is 2. The van der Waals surface area contributed by atoms with Crippen molar-refractivity contribution in [3.63, 3.8) is 0 Å². The highest BCUT2D eigenvalue weighted by molar-refractivity contribution is 7.18. The summed E-state index contributed by atoms with van der Waals surface area (Å²) in [5.41, 5.74) is 9.86. The summed E-state index contributed by atoms with van der Waals surface area (Å²) in [5, 5.41) is 9.41. The van der Waals surface area contributed by atoms with E-state index >= 15 is 0 Å². The molecule has 0 fully saturated rings. The Hall–Kier alpha value is -3.13. The normalized spacial score (nSPS) is 11.6. The molecule has 0 saturated heterocycles. The van der Waals surface area contributed by atoms with Crippen molar-refractivity contribution in [3.05, 3.63) is 41.4 Å². The fraction of sp³-hybridized carbons (Fsp3) is 0.118. The molecule has 0 aliphatic rings. The lowest BCUT2D eigenvalue weighted by Gasteiger charge is -2.03. The van der Waals surface area contributed by atoms with Crippen LogP contribution in [0.15, 0.2) is 46.6 Å². The van der Waals surface area contributed by atoms with E-state index in [9.17, 15) is 0 Å². The Bertz CT molecular complexity index is 1120. The smallest absolute Gasteiger partial charge is 0.190 e. The highest BCUT2D eigenvalue weighted by Crippen LogP contribution is 2.30. The number of fused-ring (bicyclic) bond motifs is 2. The van der Waals surface area contributed by atoms with Crippen LogP contribution in [0.2, 0.25) is 0 Å². The highest BCUT2D eigenvalue weighted by atomic mass is 32.1. The van der Waals surface area contributed by atoms with Gasteiger partial charge in [0.05, 0.1) is 34.5 Å². The van der Waals surface area contributed by atoms with E-state index in [2.05, 4.69) is 25.2 Å². The summed E-state index contributed by atoms with van der Waals surface area (Å²) in [7, 11) is 1.59. The van der Waals surface area contributed by atoms with Gasteiger partial charge < -0.3 is 10.5 Å². The van der Waals surface area contributed by atoms with Crippen LogP contribution in [0.1, 0.15) is 5.01 Å². The molecule has 0 bridgehead atoms. The molecule has 2 aromatic carbocycles. The minimum absolute atomic E-state index is 0.532. The molecule has 2 aromatic heterocycles. The molecular formula is C17H14N6OS. The maximum Gasteiger partial charge on any atom is 0.190 e. The van der Waals surface area contributed by atoms with Gasteiger partial charge in [0, 0.05) is 6.07 Å². The summed E-state index contributed by atoms with van der Waals surface area (Å²) in [4.78, 5) is 14.3. The molecule has 0 unspecified atom stereocenters. The SMILES string of the molecule is COc1ccc(N)c(N=Nc2ccc3nc4sc(C)nc4nc3c2)c1. The predicted molar refractivity (Wildman–Crippen MR) is 99.0 cm³/mol. The van der Waals surface area contributed by atoms with E-state index in [-0.39, 0.29) is 0 Å². The van der Waals surface area contributed by atoms with Crippen LogP contribution in [0.5, 0.6) is 5.75 Å². The van der Waals surface area contributed by atoms with Gasteiger partial charge in [0.25, 0.3) is 0 Å². The van der Waals surface area contributed by atoms with Gasteiger partial charge in [-0.05, 0) is 37.3 Å². The third-order valence-corrected chi connectivity index (χ3v) is 4.47. The zero-order chi connectivity index (χ0) is 17.4. The molecule has 0 spiro atoms. The maximum atomic E-state index is 5.92. The average Bonchev–Trinajstić information content (AvgIpc) is 2.97. The van der Waals surface area contributed by atoms with E-state index in [1.165, 1.54) is 11.3 Å². The van der Waals surface area contributed by atoms with E-state index in [1.54, 1.807) is 25.3 Å². The van der Waals surface area contributed by atoms with Crippen LogP contribution in [0, 0.1) is 6.92 Å². The van der Waals surface area contributed by atoms with Gasteiger partial charge in [0.1, 0.15) is 11.4 Å². The van der Waals surface area contributed by atoms with Gasteiger partial charge in [0.15, 0.2) is 10.5 Å². The van der Waals surface area contributed by atoms with Gasteiger partial charge in [-0.2, -0.15) is 5.11 Å². The number of anilines is 1. The Kier molecular flexibility index (Phi) is 3.73. The first-order valence-electron chi connectivity index (χ1n) is 7.52. The summed E-state index contributed by atoms with van der Waals surface area (Å²) in [5.74, 6) is 0.675. The molecule has 124 valence electrons. The molecule has 4 rings (SSSR count). The Balaban J connectivity index is 1.72. The number of methoxy groups -OCH3 is 1. The van der Waals surface area contributed by atoms with Gasteiger partial charge in [-0.1, -0.05) is 11.3 Å². The Morgan fingerprint density at radius 1 is 1.00 bits per heavy atom. The van der Waals surface area contributed by atoms with E-state index < -0.39 is 0 Å². The monoisotopic (exact) mass is 350 g/mol. The number of rotatable bonds is 3. The Labute approximate surface area is 147 Å². The summed E-state index contributed by atoms with van der Waals surface area (Å²) < 4.78 is 5.18. The van der Waals surface area contributed by atoms with Crippen molar-refractivity contribution in [2.45, 2.75) is 6.92 Å². The number of nitrogens with two attached hydrogens (primary N) is 1. The lowest BCUT2D eigenvalue weighted by Crippen LogP contribution is -1.87. The van der Waals surface area contributed by atoms with Crippen molar-refractivity contribution in [1.82, 2.24) is 15.0 Å². The van der Waals surface area contributed by atoms with Gasteiger partial charge >= 0.3 is 0 Å². The molecule has 0 aliphatic heterocycles. The van der Waals surface area contributed by atoms with Crippen LogP contribution in [0.3, 0.4) is 0 Å². The van der Waals surface area contributed by atoms with E-state index in [4.69, 9.17) is 10.5 Å². The predicted octanol–water partition coefficient (Wildman–Crippen LogP) is 4.55. The molecule has 2 heterocycles. The minimum Gasteiger partial charge on any atom is -0.497 e. The standard InChI is InChI=1S/C17H14N6OS/c1-9-19-16-17(25-9)21-13-6-3-10(7-15(13)20-16)22-23-14-8-11(24-2)4-5-12(14)18/h3-8H,18H2,1-2H3. The highest BCUT2D eigenvalue weighted by Gasteiger charge is 2.07. The number of ether oxygens (including phenoxy) is 1. The third kappa shape index (κ3) is 2.99. The second-order valence-corrected chi connectivity index (χ2v) is 6.56. The van der Waals surface area contributed by atoms with Crippen molar-refractivity contribution in [2.75, 3.05) is 12.8 Å². The maximum absolute atomic E-state index is 5.92. The Morgan fingerprint density at radius 3 is 2.72 bits per heavy atom. The number of hydrogen-bond acceptors (Lipinski definition) is 8. The molecule has 0 saturated carbocycles. The number of nitrogens with zero attached hydrogens (tertiary/aromatic N) is 5. The van der Waals surface area contributed by atoms with Crippen molar-refractivity contribution in [1.29, 1.82) is 0 Å². The molecule has 0 amide bonds. The number of nitrogen functional groups attached to an aromatic ring is 1. The summed E-state index contributed by atoms with van der Waals surface area (Å²) in [6.07, 6.45) is 0. The minimum atomic E-state index is 0.532. The third-order valence-electron chi connectivity index (χ3n) is 3.62. The van der Waals surface area contributed by atoms with Crippen LogP contribution in [-0.4, -0.2) is 22.1 Å². The fourth-order valence-corrected chi connectivity index (χ4v) is 3.12. The van der Waals surface area contributed by atoms with Gasteiger partial charge in [-0.3, -0.25) is 0 Å². The molecule has 7 nitrogen and oxygen atoms in total. The summed E-state index contributed by atoms with van der Waals surface area (Å²) >= 11 is 1.53. The van der Waals surface area contributed by atoms with Crippen molar-refractivity contribution < 1.29 is 4.74 Å². The van der Waals surface area contributed by atoms with Crippen LogP contribution in [-0.2, 0) is 0 Å². The molecule has 8 heteroatoms. The number of hydrogen-bond donors (Lipinski definition) is 1. The van der Waals surface area contributed by atoms with Crippen molar-refractivity contribution in [2.24, 2.45) is 10.2 Å². The first-order valence-corrected chi connectivity index (χ1v) is 8.34. The molecule has 0 aliphatic carbocycles. The largest absolute Gasteiger partial charge is 0.497 e. The molecule has 2 N–H and O–H groups in total. The molecule has 4 aromatic rings. The van der Waals surface area contributed by atoms with Crippen LogP contribution < -0.4 is 10.5 Å². The number of thiazole rings is 1. The Morgan fingerprint density at radius 2 is 1.88 bits per heavy atom. The van der Waals surface area contributed by atoms with Crippen molar-refractivity contribution in [3.8, 4) is 5.75 Å². The average molecular weight is 350 g/mol. The first-order chi connectivity index (χ1) is 12.1. The van der Waals surface area contributed by atoms with Crippen LogP contribution in [0.4, 0.5) is 17.1 Å². The summed E-state index contributed by atoms with van der Waals surface area (Å²) in [6.45, 7) is 1.94. The lowest BCUT2D eigenvalue weighted by molar-refractivity contribution is 0.415. The second kappa shape index (κ2) is 6.06. The summed E-state index contributed by atoms with van der Waals surface area (Å²) in [6, 6.07) is 10.8. The molecular weight excluding hydrogens is 336 g/mol. The second-order valence-electron chi connectivity index (χ2n) is 5.38. The van der Waals surface area contributed by atoms with E-state index in [0.717, 1.165) is 20.9 Å². The zero-order valence-corrected chi connectivity index (χ0v) is 14.4. The van der Waals surface area contributed by atoms with Crippen molar-refractivity contribution >= 4 is 49.9 Å². The quantitative estimate of drug-likeness (QED) is 0.431. The van der Waals surface area contributed by atoms with Gasteiger partial charge in [0.2, 0.25) is 0 Å². The van der Waals surface area contributed by atoms with Crippen LogP contribution in [0.25, 0.3) is 21.5 Å². The molecule has 0 radical (unpaired) electrons. The van der Waals surface area contributed by atoms with E-state index in [0.29, 0.717) is 28.5 Å². The number of aryl methyl sites for hydroxylation is 1. The van der Waals surface area contributed by atoms with Gasteiger partial charge in [-0.15, -0.1) is 5.11 Å². The number of aromatic nitrogens is 3. The van der Waals surface area contributed by atoms with E-state index in [1.807, 2.05) is 25.1 Å². The van der Waals surface area contributed by atoms with Crippen LogP contribution >= 0.6 is 11.3 Å². The molecule has 25 heavy (non-hydrogen) atoms. The number of azo groups is 1. The first kappa shape index (κ1) is 15.4. The lowest BCUT2D eigenvalue weighted by atomic mass is 10.2. The van der Waals surface area contributed by atoms with Gasteiger partial charge in [-0.25, -0.2) is 15.0 Å². The topological polar surface area (TPSA) is 98.6 Å². The zero-order valence-electron chi connectivity index (χ0n) is 13.6.